The average molecular weight is 1290 g/mol. The molecular formula is C66H116N10O15. The number of nitrogens with zero attached hydrogens (tertiary/aromatic N) is 7. The molecule has 1 aromatic rings. The lowest BCUT2D eigenvalue weighted by atomic mass is 9.90. The smallest absolute Gasteiger partial charge is 0.464 e. The number of ether oxygens (including phenoxy) is 8. The third-order valence-corrected chi connectivity index (χ3v) is 17.7. The summed E-state index contributed by atoms with van der Waals surface area (Å²) in [5.41, 5.74) is -5.25. The van der Waals surface area contributed by atoms with Crippen LogP contribution in [-0.2, 0) is 65.4 Å². The van der Waals surface area contributed by atoms with Crippen molar-refractivity contribution >= 4 is 42.3 Å². The summed E-state index contributed by atoms with van der Waals surface area (Å²) in [5.74, 6) is -2.99. The fraction of sp³-hybridized carbons (Fsp3) is 0.864. The maximum atomic E-state index is 14.5. The number of carbonyl (C=O) groups excluding carboxylic acids is 7. The van der Waals surface area contributed by atoms with Crippen LogP contribution in [0.5, 0.6) is 0 Å². The Labute approximate surface area is 542 Å². The van der Waals surface area contributed by atoms with Gasteiger partial charge >= 0.3 is 42.3 Å². The van der Waals surface area contributed by atoms with Crippen LogP contribution in [0.15, 0.2) is 6.20 Å². The van der Waals surface area contributed by atoms with Crippen molar-refractivity contribution in [1.29, 1.82) is 0 Å². The van der Waals surface area contributed by atoms with Gasteiger partial charge in [-0.2, -0.15) is 0 Å². The summed E-state index contributed by atoms with van der Waals surface area (Å²) in [6, 6.07) is 0. The highest BCUT2D eigenvalue weighted by molar-refractivity contribution is 5.82. The number of unbranched alkanes of at least 4 members (excludes halogenated alkanes) is 13. The zero-order valence-electron chi connectivity index (χ0n) is 56.2. The maximum Gasteiger partial charge on any atom is 0.508 e. The molecule has 4 saturated heterocycles. The maximum absolute atomic E-state index is 14.5. The van der Waals surface area contributed by atoms with Crippen molar-refractivity contribution in [2.45, 2.75) is 208 Å². The van der Waals surface area contributed by atoms with Crippen molar-refractivity contribution in [2.24, 2.45) is 16.2 Å². The van der Waals surface area contributed by atoms with Gasteiger partial charge in [-0.15, -0.1) is 5.10 Å². The van der Waals surface area contributed by atoms with E-state index in [9.17, 15) is 33.6 Å². The summed E-state index contributed by atoms with van der Waals surface area (Å²) in [6.45, 7) is 15.1. The lowest BCUT2D eigenvalue weighted by molar-refractivity contribution is -0.179. The van der Waals surface area contributed by atoms with Gasteiger partial charge in [0.25, 0.3) is 0 Å². The average Bonchev–Trinajstić information content (AvgIpc) is 2.90. The van der Waals surface area contributed by atoms with Gasteiger partial charge in [0, 0.05) is 32.7 Å². The molecular weight excluding hydrogens is 1170 g/mol. The van der Waals surface area contributed by atoms with Gasteiger partial charge in [0.15, 0.2) is 0 Å². The van der Waals surface area contributed by atoms with Crippen LogP contribution in [0.1, 0.15) is 200 Å². The van der Waals surface area contributed by atoms with E-state index in [2.05, 4.69) is 52.8 Å². The number of likely N-dealkylation sites (tertiary alicyclic amines) is 4. The predicted molar refractivity (Wildman–Crippen MR) is 343 cm³/mol. The van der Waals surface area contributed by atoms with Gasteiger partial charge in [0.2, 0.25) is 0 Å². The largest absolute Gasteiger partial charge is 0.508 e. The van der Waals surface area contributed by atoms with Crippen LogP contribution in [0, 0.1) is 16.2 Å². The minimum atomic E-state index is -1.94. The number of alkyl carbamates (subject to hydrolysis) is 3. The highest BCUT2D eigenvalue weighted by Crippen LogP contribution is 2.29. The standard InChI is InChI=1S/C66H116N10O15/c1-5-6-7-8-9-10-11-12-13-14-15-16-17-18-46-76-48-56(70-71-76)49-85-57(77)64(2,50-86-58(78)65(3,52-88-60(80)67-31-27-42-72-34-19-20-35-72)53-89-61(81)68-32-28-43-73-36-21-22-37-73)51-87-59(79)66(4,54-90-62(82)69-33-29-44-74-38-23-24-39-74)55-91-63(83)84-47-30-45-75-40-25-26-41-75/h48H,5-47,49-55H2,1-4H3,(H,67,80)(H,68,81)(H,69,82). The zero-order valence-corrected chi connectivity index (χ0v) is 56.2. The Bertz CT molecular complexity index is 2050. The molecule has 5 heterocycles. The van der Waals surface area contributed by atoms with Crippen molar-refractivity contribution in [2.75, 3.05) is 144 Å². The van der Waals surface area contributed by atoms with Crippen LogP contribution in [0.4, 0.5) is 19.2 Å². The number of aryl methyl sites for hydroxylation is 1. The van der Waals surface area contributed by atoms with Gasteiger partial charge in [0.05, 0.1) is 12.8 Å². The number of rotatable bonds is 48. The summed E-state index contributed by atoms with van der Waals surface area (Å²) < 4.78 is 46.9. The van der Waals surface area contributed by atoms with Gasteiger partial charge in [-0.25, -0.2) is 19.2 Å². The molecule has 1 aromatic heterocycles. The first-order valence-corrected chi connectivity index (χ1v) is 34.9. The third kappa shape index (κ3) is 31.8. The number of aromatic nitrogens is 3. The van der Waals surface area contributed by atoms with E-state index in [4.69, 9.17) is 37.9 Å². The molecule has 25 nitrogen and oxygen atoms in total. The number of hydrogen-bond acceptors (Lipinski definition) is 21. The van der Waals surface area contributed by atoms with Crippen LogP contribution in [-0.4, -0.2) is 221 Å². The van der Waals surface area contributed by atoms with Crippen molar-refractivity contribution in [1.82, 2.24) is 50.5 Å². The molecule has 0 spiro atoms. The monoisotopic (exact) mass is 1290 g/mol. The molecule has 4 aliphatic rings. The first kappa shape index (κ1) is 76.2. The second kappa shape index (κ2) is 44.1. The van der Waals surface area contributed by atoms with Gasteiger partial charge in [0.1, 0.15) is 68.2 Å². The molecule has 2 atom stereocenters. The molecule has 0 radical (unpaired) electrons. The molecule has 4 aliphatic heterocycles. The molecule has 0 aromatic carbocycles. The number of amides is 3. The normalized spacial score (nSPS) is 17.0. The fourth-order valence-corrected chi connectivity index (χ4v) is 11.6. The minimum Gasteiger partial charge on any atom is -0.464 e. The molecule has 4 fully saturated rings. The molecule has 5 rings (SSSR count). The Kier molecular flexibility index (Phi) is 37.0. The van der Waals surface area contributed by atoms with Crippen molar-refractivity contribution in [3.05, 3.63) is 11.9 Å². The van der Waals surface area contributed by atoms with E-state index < -0.39 is 98.2 Å². The summed E-state index contributed by atoms with van der Waals surface area (Å²) in [6.07, 6.45) is 27.4. The molecule has 25 heteroatoms. The molecule has 3 amide bonds. The first-order valence-electron chi connectivity index (χ1n) is 34.9. The number of nitrogens with one attached hydrogen (secondary N) is 3. The summed E-state index contributed by atoms with van der Waals surface area (Å²) >= 11 is 0. The topological polar surface area (TPSA) is 273 Å². The van der Waals surface area contributed by atoms with E-state index in [1.165, 1.54) is 91.4 Å². The molecule has 0 saturated carbocycles. The first-order chi connectivity index (χ1) is 44.1. The van der Waals surface area contributed by atoms with Gasteiger partial charge in [-0.05, 0) is 176 Å². The lowest BCUT2D eigenvalue weighted by Crippen LogP contribution is -2.47. The van der Waals surface area contributed by atoms with E-state index in [1.54, 1.807) is 10.9 Å². The molecule has 2 unspecified atom stereocenters. The van der Waals surface area contributed by atoms with E-state index >= 15 is 0 Å². The predicted octanol–water partition coefficient (Wildman–Crippen LogP) is 9.18. The van der Waals surface area contributed by atoms with Gasteiger partial charge in [-0.1, -0.05) is 95.6 Å². The second-order valence-corrected chi connectivity index (χ2v) is 26.5. The minimum absolute atomic E-state index is 0.0808. The van der Waals surface area contributed by atoms with Gasteiger partial charge in [-0.3, -0.25) is 19.1 Å². The van der Waals surface area contributed by atoms with Crippen molar-refractivity contribution < 1.29 is 71.5 Å². The number of hydrogen-bond donors (Lipinski definition) is 3. The summed E-state index contributed by atoms with van der Waals surface area (Å²) in [7, 11) is 0. The van der Waals surface area contributed by atoms with Crippen LogP contribution in [0.3, 0.4) is 0 Å². The zero-order chi connectivity index (χ0) is 65.3. The number of esters is 3. The van der Waals surface area contributed by atoms with Crippen LogP contribution >= 0.6 is 0 Å². The van der Waals surface area contributed by atoms with Crippen molar-refractivity contribution in [3.8, 4) is 0 Å². The molecule has 0 aliphatic carbocycles. The van der Waals surface area contributed by atoms with Gasteiger partial charge < -0.3 is 73.4 Å². The third-order valence-electron chi connectivity index (χ3n) is 17.7. The highest BCUT2D eigenvalue weighted by atomic mass is 16.7. The SMILES string of the molecule is CCCCCCCCCCCCCCCCn1cc(COC(=O)C(C)(COC(=O)C(C)(COC(=O)NCCCN2CCCC2)COC(=O)NCCCN2CCCC2)COC(=O)C(C)(COC(=O)NCCCN2CCCC2)COC(=O)OCCCN2CCCC2)nn1. The van der Waals surface area contributed by atoms with E-state index in [-0.39, 0.29) is 13.2 Å². The van der Waals surface area contributed by atoms with E-state index in [0.29, 0.717) is 57.6 Å². The van der Waals surface area contributed by atoms with Crippen LogP contribution in [0.25, 0.3) is 0 Å². The molecule has 520 valence electrons. The Morgan fingerprint density at radius 3 is 1.11 bits per heavy atom. The highest BCUT2D eigenvalue weighted by Gasteiger charge is 2.46. The van der Waals surface area contributed by atoms with E-state index in [1.807, 2.05) is 0 Å². The fourth-order valence-electron chi connectivity index (χ4n) is 11.6. The molecule has 3 N–H and O–H groups in total. The number of carbonyl (C=O) groups is 7. The Balaban J connectivity index is 1.24. The van der Waals surface area contributed by atoms with Crippen LogP contribution < -0.4 is 16.0 Å². The molecule has 0 bridgehead atoms. The Hall–Kier alpha value is -5.53. The Morgan fingerprint density at radius 2 is 0.725 bits per heavy atom. The summed E-state index contributed by atoms with van der Waals surface area (Å²) in [4.78, 5) is 105. The Morgan fingerprint density at radius 1 is 0.396 bits per heavy atom. The summed E-state index contributed by atoms with van der Waals surface area (Å²) in [5, 5.41) is 16.7. The molecule has 91 heavy (non-hydrogen) atoms. The lowest BCUT2D eigenvalue weighted by Gasteiger charge is -2.32. The van der Waals surface area contributed by atoms with Crippen LogP contribution in [0.2, 0.25) is 0 Å². The van der Waals surface area contributed by atoms with E-state index in [0.717, 1.165) is 149 Å². The quantitative estimate of drug-likeness (QED) is 0.0311. The second-order valence-electron chi connectivity index (χ2n) is 26.5. The van der Waals surface area contributed by atoms with Crippen molar-refractivity contribution in [3.63, 3.8) is 0 Å².